The topological polar surface area (TPSA) is 168 Å². The molecule has 0 N–H and O–H groups in total. The van der Waals surface area contributed by atoms with Crippen molar-refractivity contribution in [2.75, 3.05) is 19.9 Å². The van der Waals surface area contributed by atoms with Crippen molar-refractivity contribution < 1.29 is 73.2 Å². The number of aryl methyl sites for hydroxylation is 1. The van der Waals surface area contributed by atoms with Gasteiger partial charge in [-0.25, -0.2) is 14.2 Å². The minimum Gasteiger partial charge on any atom is -0.462 e. The van der Waals surface area contributed by atoms with Gasteiger partial charge in [-0.3, -0.25) is 19.3 Å². The number of benzene rings is 1. The molecule has 2 heterocycles. The lowest BCUT2D eigenvalue weighted by Crippen LogP contribution is -2.43. The molecule has 57 heavy (non-hydrogen) atoms. The van der Waals surface area contributed by atoms with Crippen molar-refractivity contribution in [3.05, 3.63) is 52.4 Å². The molecular formula is C34H33ClF8N6O8. The van der Waals surface area contributed by atoms with Gasteiger partial charge in [0.2, 0.25) is 0 Å². The number of hydrogen-bond donors (Lipinski definition) is 0. The smallest absolute Gasteiger partial charge is 0.462 e. The van der Waals surface area contributed by atoms with E-state index in [1.54, 1.807) is 20.8 Å². The van der Waals surface area contributed by atoms with Crippen LogP contribution in [0, 0.1) is 11.3 Å². The lowest BCUT2D eigenvalue weighted by Gasteiger charge is -2.27. The molecule has 0 saturated heterocycles. The molecule has 3 aromatic rings. The average Bonchev–Trinajstić information content (AvgIpc) is 3.56. The number of esters is 2. The normalized spacial score (nSPS) is 14.0. The molecule has 0 spiro atoms. The summed E-state index contributed by atoms with van der Waals surface area (Å²) in [7, 11) is 0.712. The SMILES string of the molecule is Cn1nc(C(F)(F)C(F)(F)F)c(C(F)(F)F)c1-n1cc(-c2ccc(Cl)c(C(=O)N(COC(=O)OCCOC(=O)CCCC(=O)OC(C)(C)C)C3(C#N)CC3)c2)cn1. The highest BCUT2D eigenvalue weighted by molar-refractivity contribution is 6.34. The zero-order valence-corrected chi connectivity index (χ0v) is 31.2. The Morgan fingerprint density at radius 2 is 1.58 bits per heavy atom. The summed E-state index contributed by atoms with van der Waals surface area (Å²) in [6, 6.07) is 5.60. The van der Waals surface area contributed by atoms with Gasteiger partial charge in [-0.1, -0.05) is 17.7 Å². The third kappa shape index (κ3) is 10.5. The third-order valence-corrected chi connectivity index (χ3v) is 8.37. The van der Waals surface area contributed by atoms with Gasteiger partial charge >= 0.3 is 36.4 Å². The zero-order chi connectivity index (χ0) is 42.7. The number of ether oxygens (including phenoxy) is 4. The first kappa shape index (κ1) is 44.3. The van der Waals surface area contributed by atoms with Gasteiger partial charge in [-0.05, 0) is 57.7 Å². The number of nitrogens with zero attached hydrogens (tertiary/aromatic N) is 6. The van der Waals surface area contributed by atoms with Crippen LogP contribution in [0.4, 0.5) is 39.9 Å². The van der Waals surface area contributed by atoms with Crippen LogP contribution in [0.15, 0.2) is 30.6 Å². The number of hydrogen-bond acceptors (Lipinski definition) is 11. The molecule has 0 bridgehead atoms. The van der Waals surface area contributed by atoms with Gasteiger partial charge < -0.3 is 18.9 Å². The highest BCUT2D eigenvalue weighted by Gasteiger charge is 2.64. The van der Waals surface area contributed by atoms with Crippen LogP contribution >= 0.6 is 11.6 Å². The van der Waals surface area contributed by atoms with E-state index in [0.29, 0.717) is 11.7 Å². The third-order valence-electron chi connectivity index (χ3n) is 8.04. The quantitative estimate of drug-likeness (QED) is 0.0527. The number of alkyl halides is 8. The van der Waals surface area contributed by atoms with Crippen molar-refractivity contribution in [3.63, 3.8) is 0 Å². The molecule has 1 saturated carbocycles. The van der Waals surface area contributed by atoms with Gasteiger partial charge in [0.15, 0.2) is 18.2 Å². The lowest BCUT2D eigenvalue weighted by molar-refractivity contribution is -0.292. The van der Waals surface area contributed by atoms with Gasteiger partial charge in [0.05, 0.1) is 22.9 Å². The first-order valence-electron chi connectivity index (χ1n) is 16.7. The van der Waals surface area contributed by atoms with Crippen molar-refractivity contribution in [3.8, 4) is 23.0 Å². The Bertz CT molecular complexity index is 2050. The second-order valence-electron chi connectivity index (χ2n) is 13.5. The van der Waals surface area contributed by atoms with Crippen molar-refractivity contribution in [1.29, 1.82) is 5.26 Å². The molecule has 0 aliphatic heterocycles. The van der Waals surface area contributed by atoms with Crippen LogP contribution in [0.5, 0.6) is 0 Å². The van der Waals surface area contributed by atoms with Crippen LogP contribution in [-0.4, -0.2) is 85.7 Å². The minimum atomic E-state index is -6.41. The summed E-state index contributed by atoms with van der Waals surface area (Å²) in [4.78, 5) is 50.7. The van der Waals surface area contributed by atoms with E-state index >= 15 is 0 Å². The number of halogens is 9. The summed E-state index contributed by atoms with van der Waals surface area (Å²) < 4.78 is 130. The van der Waals surface area contributed by atoms with Crippen LogP contribution in [0.3, 0.4) is 0 Å². The first-order valence-corrected chi connectivity index (χ1v) is 17.0. The Balaban J connectivity index is 1.45. The molecule has 0 unspecified atom stereocenters. The van der Waals surface area contributed by atoms with Crippen molar-refractivity contribution in [2.45, 2.75) is 82.3 Å². The standard InChI is InChI=1S/C34H33ClF8N6O8/c1-30(2,3)57-24(51)7-5-6-23(50)54-12-13-55-29(53)56-18-48(31(17-44)10-11-31)28(52)21-14-19(8-9-22(21)35)20-15-45-49(16-20)27-25(33(38,39)40)26(46-47(27)4)32(36,37)34(41,42)43/h8-9,14-16H,5-7,10-13,18H2,1-4H3. The summed E-state index contributed by atoms with van der Waals surface area (Å²) in [6.07, 6.45) is -11.3. The van der Waals surface area contributed by atoms with Gasteiger partial charge in [-0.2, -0.15) is 50.6 Å². The van der Waals surface area contributed by atoms with Crippen molar-refractivity contribution in [2.24, 2.45) is 7.05 Å². The van der Waals surface area contributed by atoms with Gasteiger partial charge in [-0.15, -0.1) is 0 Å². The molecule has 310 valence electrons. The molecular weight excluding hydrogens is 808 g/mol. The van der Waals surface area contributed by atoms with Crippen LogP contribution in [0.2, 0.25) is 5.02 Å². The molecule has 1 aliphatic rings. The molecule has 1 fully saturated rings. The number of carbonyl (C=O) groups is 4. The number of nitriles is 1. The Labute approximate surface area is 323 Å². The summed E-state index contributed by atoms with van der Waals surface area (Å²) in [6.45, 7) is 3.45. The summed E-state index contributed by atoms with van der Waals surface area (Å²) in [5, 5.41) is 16.2. The maximum atomic E-state index is 14.2. The first-order chi connectivity index (χ1) is 26.3. The average molecular weight is 841 g/mol. The van der Waals surface area contributed by atoms with Crippen LogP contribution in [0.25, 0.3) is 16.9 Å². The molecule has 23 heteroatoms. The molecule has 14 nitrogen and oxygen atoms in total. The van der Waals surface area contributed by atoms with E-state index in [1.165, 1.54) is 12.1 Å². The lowest BCUT2D eigenvalue weighted by atomic mass is 10.0. The summed E-state index contributed by atoms with van der Waals surface area (Å²) >= 11 is 6.31. The fraction of sp³-hybridized carbons (Fsp3) is 0.500. The van der Waals surface area contributed by atoms with Gasteiger partial charge in [0, 0.05) is 31.6 Å². The van der Waals surface area contributed by atoms with Crippen LogP contribution in [-0.2, 0) is 47.7 Å². The van der Waals surface area contributed by atoms with Crippen molar-refractivity contribution in [1.82, 2.24) is 24.5 Å². The number of amides is 1. The Hall–Kier alpha value is -5.46. The van der Waals surface area contributed by atoms with Crippen LogP contribution < -0.4 is 0 Å². The predicted molar refractivity (Wildman–Crippen MR) is 177 cm³/mol. The number of rotatable bonds is 14. The highest BCUT2D eigenvalue weighted by atomic mass is 35.5. The fourth-order valence-corrected chi connectivity index (χ4v) is 5.41. The van der Waals surface area contributed by atoms with Crippen LogP contribution in [0.1, 0.15) is 74.5 Å². The molecule has 0 atom stereocenters. The van der Waals surface area contributed by atoms with E-state index < -0.39 is 83.8 Å². The fourth-order valence-electron chi connectivity index (χ4n) is 5.21. The maximum absolute atomic E-state index is 14.2. The maximum Gasteiger partial charge on any atom is 0.510 e. The van der Waals surface area contributed by atoms with E-state index in [9.17, 15) is 59.6 Å². The molecule has 4 rings (SSSR count). The van der Waals surface area contributed by atoms with E-state index in [-0.39, 0.29) is 65.1 Å². The number of carbonyl (C=O) groups excluding carboxylic acids is 4. The van der Waals surface area contributed by atoms with Gasteiger partial charge in [0.1, 0.15) is 29.9 Å². The number of aromatic nitrogens is 4. The Kier molecular flexibility index (Phi) is 12.9. The monoisotopic (exact) mass is 840 g/mol. The van der Waals surface area contributed by atoms with E-state index in [4.69, 9.17) is 30.5 Å². The largest absolute Gasteiger partial charge is 0.510 e. The highest BCUT2D eigenvalue weighted by Crippen LogP contribution is 2.49. The van der Waals surface area contributed by atoms with E-state index in [2.05, 4.69) is 10.2 Å². The molecule has 1 amide bonds. The van der Waals surface area contributed by atoms with Crippen molar-refractivity contribution >= 4 is 35.6 Å². The second kappa shape index (κ2) is 16.6. The summed E-state index contributed by atoms with van der Waals surface area (Å²) in [5.74, 6) is -9.35. The molecule has 2 aromatic heterocycles. The van der Waals surface area contributed by atoms with Gasteiger partial charge in [0.25, 0.3) is 5.91 Å². The zero-order valence-electron chi connectivity index (χ0n) is 30.4. The second-order valence-corrected chi connectivity index (χ2v) is 13.9. The predicted octanol–water partition coefficient (Wildman–Crippen LogP) is 7.26. The minimum absolute atomic E-state index is 0.0174. The Morgan fingerprint density at radius 1 is 0.947 bits per heavy atom. The molecule has 0 radical (unpaired) electrons. The van der Waals surface area contributed by atoms with E-state index in [1.807, 2.05) is 6.07 Å². The molecule has 1 aliphatic carbocycles. The molecule has 1 aromatic carbocycles. The summed E-state index contributed by atoms with van der Waals surface area (Å²) in [5.41, 5.74) is -7.38. The Morgan fingerprint density at radius 3 is 2.16 bits per heavy atom. The van der Waals surface area contributed by atoms with E-state index in [0.717, 1.165) is 23.4 Å².